The Morgan fingerprint density at radius 1 is 1.20 bits per heavy atom. The number of ether oxygens (including phenoxy) is 1. The van der Waals surface area contributed by atoms with Gasteiger partial charge in [0, 0.05) is 35.2 Å². The van der Waals surface area contributed by atoms with Gasteiger partial charge in [-0.3, -0.25) is 9.78 Å². The van der Waals surface area contributed by atoms with Crippen molar-refractivity contribution in [1.29, 1.82) is 0 Å². The van der Waals surface area contributed by atoms with Gasteiger partial charge in [0.15, 0.2) is 6.61 Å². The zero-order valence-electron chi connectivity index (χ0n) is 16.8. The summed E-state index contributed by atoms with van der Waals surface area (Å²) >= 11 is 0. The second-order valence-electron chi connectivity index (χ2n) is 7.11. The lowest BCUT2D eigenvalue weighted by molar-refractivity contribution is -0.123. The molecule has 0 radical (unpaired) electrons. The van der Waals surface area contributed by atoms with Gasteiger partial charge in [-0.25, -0.2) is 5.43 Å². The van der Waals surface area contributed by atoms with Gasteiger partial charge < -0.3 is 9.72 Å². The standard InChI is InChI=1S/C24H22N4O2/c1-16-10-17(2)24(21(11-16)20-4-3-8-25-14-20)30-15-23(29)28-27-13-18-5-6-22-19(12-18)7-9-26-22/h3-14,26H,15H2,1-2H3,(H,28,29). The van der Waals surface area contributed by atoms with E-state index >= 15 is 0 Å². The van der Waals surface area contributed by atoms with Crippen molar-refractivity contribution in [3.63, 3.8) is 0 Å². The molecule has 0 saturated heterocycles. The fourth-order valence-electron chi connectivity index (χ4n) is 3.38. The van der Waals surface area contributed by atoms with Gasteiger partial charge in [-0.2, -0.15) is 5.10 Å². The normalized spacial score (nSPS) is 11.1. The van der Waals surface area contributed by atoms with Crippen LogP contribution >= 0.6 is 0 Å². The van der Waals surface area contributed by atoms with Crippen LogP contribution in [0.2, 0.25) is 0 Å². The quantitative estimate of drug-likeness (QED) is 0.374. The highest BCUT2D eigenvalue weighted by molar-refractivity contribution is 5.89. The van der Waals surface area contributed by atoms with Crippen molar-refractivity contribution in [2.24, 2.45) is 5.10 Å². The van der Waals surface area contributed by atoms with Crippen molar-refractivity contribution in [3.8, 4) is 16.9 Å². The van der Waals surface area contributed by atoms with Gasteiger partial charge >= 0.3 is 0 Å². The lowest BCUT2D eigenvalue weighted by Crippen LogP contribution is -2.25. The third-order valence-corrected chi connectivity index (χ3v) is 4.72. The highest BCUT2D eigenvalue weighted by atomic mass is 16.5. The number of pyridine rings is 1. The van der Waals surface area contributed by atoms with E-state index in [0.717, 1.165) is 38.7 Å². The van der Waals surface area contributed by atoms with Crippen LogP contribution in [0.3, 0.4) is 0 Å². The summed E-state index contributed by atoms with van der Waals surface area (Å²) in [6, 6.07) is 15.8. The van der Waals surface area contributed by atoms with Crippen LogP contribution in [0.25, 0.3) is 22.0 Å². The average Bonchev–Trinajstić information content (AvgIpc) is 3.21. The molecular weight excluding hydrogens is 376 g/mol. The molecule has 4 rings (SSSR count). The molecule has 4 aromatic rings. The molecule has 30 heavy (non-hydrogen) atoms. The molecule has 0 bridgehead atoms. The molecule has 0 atom stereocenters. The smallest absolute Gasteiger partial charge is 0.277 e. The van der Waals surface area contributed by atoms with E-state index < -0.39 is 0 Å². The number of carbonyl (C=O) groups excluding carboxylic acids is 1. The third-order valence-electron chi connectivity index (χ3n) is 4.72. The number of hydrogen-bond acceptors (Lipinski definition) is 4. The molecule has 1 amide bonds. The first kappa shape index (κ1) is 19.4. The number of fused-ring (bicyclic) bond motifs is 1. The summed E-state index contributed by atoms with van der Waals surface area (Å²) in [5, 5.41) is 5.13. The van der Waals surface area contributed by atoms with Crippen molar-refractivity contribution in [2.75, 3.05) is 6.61 Å². The number of benzene rings is 2. The zero-order chi connectivity index (χ0) is 20.9. The molecule has 2 N–H and O–H groups in total. The van der Waals surface area contributed by atoms with Gasteiger partial charge in [-0.15, -0.1) is 0 Å². The van der Waals surface area contributed by atoms with Crippen molar-refractivity contribution in [2.45, 2.75) is 13.8 Å². The number of amides is 1. The summed E-state index contributed by atoms with van der Waals surface area (Å²) in [6.45, 7) is 3.86. The molecule has 0 saturated carbocycles. The number of hydrogen-bond donors (Lipinski definition) is 2. The summed E-state index contributed by atoms with van der Waals surface area (Å²) in [6.07, 6.45) is 7.01. The van der Waals surface area contributed by atoms with Gasteiger partial charge in [0.2, 0.25) is 0 Å². The molecule has 0 aliphatic heterocycles. The molecule has 2 aromatic carbocycles. The summed E-state index contributed by atoms with van der Waals surface area (Å²) in [5.41, 5.74) is 8.41. The molecule has 2 aromatic heterocycles. The number of nitrogens with one attached hydrogen (secondary N) is 2. The molecule has 150 valence electrons. The number of rotatable bonds is 6. The van der Waals surface area contributed by atoms with Crippen LogP contribution in [-0.2, 0) is 4.79 Å². The Bertz CT molecular complexity index is 1210. The Kier molecular flexibility index (Phi) is 5.57. The van der Waals surface area contributed by atoms with Crippen molar-refractivity contribution in [3.05, 3.63) is 83.8 Å². The SMILES string of the molecule is Cc1cc(C)c(OCC(=O)NN=Cc2ccc3[nH]ccc3c2)c(-c2cccnc2)c1. The molecule has 2 heterocycles. The monoisotopic (exact) mass is 398 g/mol. The lowest BCUT2D eigenvalue weighted by atomic mass is 10.0. The van der Waals surface area contributed by atoms with E-state index in [2.05, 4.69) is 20.5 Å². The molecule has 0 fully saturated rings. The van der Waals surface area contributed by atoms with E-state index in [1.165, 1.54) is 0 Å². The summed E-state index contributed by atoms with van der Waals surface area (Å²) in [5.74, 6) is 0.344. The van der Waals surface area contributed by atoms with E-state index in [0.29, 0.717) is 5.75 Å². The Morgan fingerprint density at radius 3 is 2.93 bits per heavy atom. The highest BCUT2D eigenvalue weighted by Crippen LogP contribution is 2.33. The van der Waals surface area contributed by atoms with E-state index in [-0.39, 0.29) is 12.5 Å². The van der Waals surface area contributed by atoms with Gasteiger partial charge in [0.1, 0.15) is 5.75 Å². The van der Waals surface area contributed by atoms with E-state index in [1.54, 1.807) is 18.6 Å². The van der Waals surface area contributed by atoms with E-state index in [9.17, 15) is 4.79 Å². The van der Waals surface area contributed by atoms with Crippen LogP contribution in [0.15, 0.2) is 72.2 Å². The van der Waals surface area contributed by atoms with Crippen molar-refractivity contribution >= 4 is 23.0 Å². The highest BCUT2D eigenvalue weighted by Gasteiger charge is 2.12. The van der Waals surface area contributed by atoms with Gasteiger partial charge in [0.25, 0.3) is 5.91 Å². The molecule has 6 nitrogen and oxygen atoms in total. The van der Waals surface area contributed by atoms with Crippen LogP contribution in [0.4, 0.5) is 0 Å². The van der Waals surface area contributed by atoms with Crippen molar-refractivity contribution in [1.82, 2.24) is 15.4 Å². The number of nitrogens with zero attached hydrogens (tertiary/aromatic N) is 2. The maximum atomic E-state index is 12.2. The number of aromatic nitrogens is 2. The van der Waals surface area contributed by atoms with Crippen LogP contribution < -0.4 is 10.2 Å². The molecule has 0 aliphatic rings. The Morgan fingerprint density at radius 2 is 2.10 bits per heavy atom. The fraction of sp³-hybridized carbons (Fsp3) is 0.125. The summed E-state index contributed by atoms with van der Waals surface area (Å²) < 4.78 is 5.87. The Balaban J connectivity index is 1.42. The summed E-state index contributed by atoms with van der Waals surface area (Å²) in [7, 11) is 0. The molecule has 0 aliphatic carbocycles. The van der Waals surface area contributed by atoms with E-state index in [4.69, 9.17) is 4.74 Å². The first-order valence-electron chi connectivity index (χ1n) is 9.63. The Hall–Kier alpha value is -3.93. The molecular formula is C24H22N4O2. The number of aryl methyl sites for hydroxylation is 2. The fourth-order valence-corrected chi connectivity index (χ4v) is 3.38. The number of aromatic amines is 1. The largest absolute Gasteiger partial charge is 0.483 e. The maximum Gasteiger partial charge on any atom is 0.277 e. The minimum absolute atomic E-state index is 0.134. The Labute approximate surface area is 174 Å². The lowest BCUT2D eigenvalue weighted by Gasteiger charge is -2.15. The predicted molar refractivity (Wildman–Crippen MR) is 119 cm³/mol. The average molecular weight is 398 g/mol. The van der Waals surface area contributed by atoms with Crippen LogP contribution in [0.5, 0.6) is 5.75 Å². The van der Waals surface area contributed by atoms with Crippen molar-refractivity contribution < 1.29 is 9.53 Å². The molecule has 0 unspecified atom stereocenters. The first-order valence-corrected chi connectivity index (χ1v) is 9.63. The first-order chi connectivity index (χ1) is 14.6. The number of H-pyrrole nitrogens is 1. The van der Waals surface area contributed by atoms with E-state index in [1.807, 2.05) is 68.6 Å². The third kappa shape index (κ3) is 4.38. The number of hydrazone groups is 1. The molecule has 6 heteroatoms. The van der Waals surface area contributed by atoms with Crippen LogP contribution in [-0.4, -0.2) is 28.7 Å². The van der Waals surface area contributed by atoms with Crippen LogP contribution in [0, 0.1) is 13.8 Å². The minimum atomic E-state index is -0.328. The van der Waals surface area contributed by atoms with Gasteiger partial charge in [0.05, 0.1) is 6.21 Å². The predicted octanol–water partition coefficient (Wildman–Crippen LogP) is 4.38. The number of carbonyl (C=O) groups is 1. The van der Waals surface area contributed by atoms with Crippen LogP contribution in [0.1, 0.15) is 16.7 Å². The maximum absolute atomic E-state index is 12.2. The second kappa shape index (κ2) is 8.61. The zero-order valence-corrected chi connectivity index (χ0v) is 16.8. The molecule has 0 spiro atoms. The minimum Gasteiger partial charge on any atom is -0.483 e. The topological polar surface area (TPSA) is 79.4 Å². The summed E-state index contributed by atoms with van der Waals surface area (Å²) in [4.78, 5) is 19.6. The van der Waals surface area contributed by atoms with Gasteiger partial charge in [-0.1, -0.05) is 18.2 Å². The second-order valence-corrected chi connectivity index (χ2v) is 7.11. The van der Waals surface area contributed by atoms with Gasteiger partial charge in [-0.05, 0) is 66.3 Å².